The summed E-state index contributed by atoms with van der Waals surface area (Å²) in [5.74, 6) is -0.353. The van der Waals surface area contributed by atoms with Gasteiger partial charge in [-0.3, -0.25) is 14.5 Å². The first-order chi connectivity index (χ1) is 10.9. The quantitative estimate of drug-likeness (QED) is 0.442. The van der Waals surface area contributed by atoms with Crippen molar-refractivity contribution in [2.24, 2.45) is 5.92 Å². The van der Waals surface area contributed by atoms with Gasteiger partial charge >= 0.3 is 5.97 Å². The number of aromatic nitrogens is 1. The first kappa shape index (κ1) is 18.9. The molecular weight excluding hydrogens is 316 g/mol. The van der Waals surface area contributed by atoms with Crippen LogP contribution in [-0.2, 0) is 20.7 Å². The minimum absolute atomic E-state index is 0.104. The molecule has 0 radical (unpaired) electrons. The van der Waals surface area contributed by atoms with Gasteiger partial charge in [0.1, 0.15) is 6.04 Å². The number of hydrogen-bond donors (Lipinski definition) is 1. The van der Waals surface area contributed by atoms with Gasteiger partial charge in [-0.25, -0.2) is 4.98 Å². The number of nitrogens with zero attached hydrogens (tertiary/aromatic N) is 3. The third-order valence-electron chi connectivity index (χ3n) is 2.97. The van der Waals surface area contributed by atoms with Gasteiger partial charge in [0.25, 0.3) is 5.91 Å². The number of nitrogens with one attached hydrogen (secondary N) is 1. The number of anilines is 1. The van der Waals surface area contributed by atoms with E-state index in [0.29, 0.717) is 23.9 Å². The zero-order valence-corrected chi connectivity index (χ0v) is 14.6. The summed E-state index contributed by atoms with van der Waals surface area (Å²) in [5.41, 5.74) is 0.598. The van der Waals surface area contributed by atoms with Crippen LogP contribution in [0, 0.1) is 17.4 Å². The normalized spacial score (nSPS) is 11.7. The number of likely N-dealkylation sites (N-methyl/N-ethyl adjacent to an activating group) is 1. The molecule has 8 heteroatoms. The molecule has 1 unspecified atom stereocenters. The molecular formula is C15H22N4O3S. The third-order valence-corrected chi connectivity index (χ3v) is 3.79. The summed E-state index contributed by atoms with van der Waals surface area (Å²) in [6.45, 7) is 6.09. The van der Waals surface area contributed by atoms with Gasteiger partial charge in [-0.15, -0.1) is 11.3 Å². The van der Waals surface area contributed by atoms with E-state index in [1.54, 1.807) is 12.3 Å². The molecule has 1 rings (SSSR count). The van der Waals surface area contributed by atoms with Crippen LogP contribution in [0.1, 0.15) is 32.9 Å². The second kappa shape index (κ2) is 9.10. The van der Waals surface area contributed by atoms with Crippen LogP contribution >= 0.6 is 11.3 Å². The van der Waals surface area contributed by atoms with E-state index in [9.17, 15) is 9.59 Å². The van der Waals surface area contributed by atoms with Crippen molar-refractivity contribution < 1.29 is 14.3 Å². The van der Waals surface area contributed by atoms with Crippen LogP contribution in [-0.4, -0.2) is 41.5 Å². The number of amides is 1. The number of hydrogen-bond acceptors (Lipinski definition) is 7. The van der Waals surface area contributed by atoms with Crippen molar-refractivity contribution >= 4 is 28.3 Å². The van der Waals surface area contributed by atoms with E-state index in [2.05, 4.69) is 10.3 Å². The maximum absolute atomic E-state index is 12.2. The first-order valence-electron chi connectivity index (χ1n) is 7.41. The van der Waals surface area contributed by atoms with Crippen molar-refractivity contribution in [2.75, 3.05) is 19.0 Å². The van der Waals surface area contributed by atoms with Crippen LogP contribution in [0.3, 0.4) is 0 Å². The minimum atomic E-state index is -0.527. The first-order valence-corrected chi connectivity index (χ1v) is 8.29. The molecule has 0 spiro atoms. The predicted octanol–water partition coefficient (Wildman–Crippen LogP) is 2.01. The van der Waals surface area contributed by atoms with E-state index in [0.717, 1.165) is 4.90 Å². The molecule has 1 heterocycles. The molecule has 0 aliphatic rings. The Morgan fingerprint density at radius 3 is 2.78 bits per heavy atom. The second-order valence-corrected chi connectivity index (χ2v) is 6.31. The topological polar surface area (TPSA) is 95.3 Å². The van der Waals surface area contributed by atoms with Gasteiger partial charge in [0, 0.05) is 12.4 Å². The fourth-order valence-electron chi connectivity index (χ4n) is 1.94. The summed E-state index contributed by atoms with van der Waals surface area (Å²) in [7, 11) is 1.44. The van der Waals surface area contributed by atoms with Crippen LogP contribution in [0.2, 0.25) is 0 Å². The molecule has 1 aromatic rings. The molecule has 0 aromatic carbocycles. The minimum Gasteiger partial charge on any atom is -0.466 e. The van der Waals surface area contributed by atoms with Crippen molar-refractivity contribution in [1.82, 2.24) is 9.88 Å². The van der Waals surface area contributed by atoms with Crippen LogP contribution in [0.25, 0.3) is 0 Å². The van der Waals surface area contributed by atoms with Crippen molar-refractivity contribution in [1.29, 1.82) is 5.26 Å². The van der Waals surface area contributed by atoms with E-state index in [4.69, 9.17) is 10.00 Å². The van der Waals surface area contributed by atoms with Gasteiger partial charge in [-0.1, -0.05) is 13.8 Å². The monoisotopic (exact) mass is 338 g/mol. The summed E-state index contributed by atoms with van der Waals surface area (Å²) >= 11 is 1.32. The lowest BCUT2D eigenvalue weighted by atomic mass is 10.0. The summed E-state index contributed by atoms with van der Waals surface area (Å²) in [6, 6.07) is -0.527. The molecule has 0 aliphatic carbocycles. The molecule has 1 aromatic heterocycles. The Morgan fingerprint density at radius 2 is 2.22 bits per heavy atom. The molecule has 126 valence electrons. The Balaban J connectivity index is 2.76. The fourth-order valence-corrected chi connectivity index (χ4v) is 2.70. The fraction of sp³-hybridized carbons (Fsp3) is 0.600. The highest BCUT2D eigenvalue weighted by molar-refractivity contribution is 7.13. The Morgan fingerprint density at radius 1 is 1.52 bits per heavy atom. The molecule has 0 bridgehead atoms. The number of ether oxygens (including phenoxy) is 1. The highest BCUT2D eigenvalue weighted by Crippen LogP contribution is 2.20. The third kappa shape index (κ3) is 6.24. The molecule has 0 saturated carbocycles. The van der Waals surface area contributed by atoms with Gasteiger partial charge in [0.15, 0.2) is 11.3 Å². The molecule has 0 saturated heterocycles. The molecule has 0 aliphatic heterocycles. The summed E-state index contributed by atoms with van der Waals surface area (Å²) in [5, 5.41) is 14.2. The number of nitriles is 1. The van der Waals surface area contributed by atoms with Crippen LogP contribution < -0.4 is 5.32 Å². The molecule has 0 fully saturated rings. The van der Waals surface area contributed by atoms with Gasteiger partial charge in [0.2, 0.25) is 0 Å². The summed E-state index contributed by atoms with van der Waals surface area (Å²) in [6.07, 6.45) is 2.50. The predicted molar refractivity (Wildman–Crippen MR) is 87.7 cm³/mol. The smallest absolute Gasteiger partial charge is 0.311 e. The van der Waals surface area contributed by atoms with Crippen LogP contribution in [0.4, 0.5) is 5.13 Å². The largest absolute Gasteiger partial charge is 0.466 e. The van der Waals surface area contributed by atoms with E-state index >= 15 is 0 Å². The van der Waals surface area contributed by atoms with E-state index in [1.807, 2.05) is 20.0 Å². The highest BCUT2D eigenvalue weighted by atomic mass is 32.1. The number of carbonyl (C=O) groups is 2. The number of rotatable bonds is 8. The zero-order chi connectivity index (χ0) is 17.4. The lowest BCUT2D eigenvalue weighted by molar-refractivity contribution is -0.142. The summed E-state index contributed by atoms with van der Waals surface area (Å²) < 4.78 is 4.88. The zero-order valence-electron chi connectivity index (χ0n) is 13.8. The Labute approximate surface area is 140 Å². The van der Waals surface area contributed by atoms with Gasteiger partial charge in [-0.2, -0.15) is 5.26 Å². The van der Waals surface area contributed by atoms with Crippen molar-refractivity contribution in [3.63, 3.8) is 0 Å². The SMILES string of the molecule is CCOC(=O)Cc1csc(NC(CC(C)C)C(=O)N(C)C#N)n1. The molecule has 1 N–H and O–H groups in total. The highest BCUT2D eigenvalue weighted by Gasteiger charge is 2.24. The maximum atomic E-state index is 12.2. The van der Waals surface area contributed by atoms with Gasteiger partial charge in [0.05, 0.1) is 18.7 Å². The molecule has 7 nitrogen and oxygen atoms in total. The van der Waals surface area contributed by atoms with Crippen LogP contribution in [0.5, 0.6) is 0 Å². The lowest BCUT2D eigenvalue weighted by Crippen LogP contribution is -2.39. The standard InChI is InChI=1S/C15H22N4O3S/c1-5-22-13(20)7-11-8-23-15(17-11)18-12(6-10(2)3)14(21)19(4)9-16/h8,10,12H,5-7H2,1-4H3,(H,17,18). The van der Waals surface area contributed by atoms with E-state index in [1.165, 1.54) is 18.4 Å². The molecule has 1 atom stereocenters. The second-order valence-electron chi connectivity index (χ2n) is 5.45. The van der Waals surface area contributed by atoms with Crippen LogP contribution in [0.15, 0.2) is 5.38 Å². The van der Waals surface area contributed by atoms with Crippen molar-refractivity contribution in [2.45, 2.75) is 39.7 Å². The average molecular weight is 338 g/mol. The van der Waals surface area contributed by atoms with Gasteiger partial charge in [-0.05, 0) is 19.3 Å². The number of thiazole rings is 1. The molecule has 1 amide bonds. The summed E-state index contributed by atoms with van der Waals surface area (Å²) in [4.78, 5) is 29.0. The van der Waals surface area contributed by atoms with Crippen molar-refractivity contribution in [3.8, 4) is 6.19 Å². The number of esters is 1. The van der Waals surface area contributed by atoms with E-state index < -0.39 is 6.04 Å². The molecule has 23 heavy (non-hydrogen) atoms. The Bertz CT molecular complexity index is 580. The Hall–Kier alpha value is -2.14. The van der Waals surface area contributed by atoms with E-state index in [-0.39, 0.29) is 24.2 Å². The van der Waals surface area contributed by atoms with Crippen molar-refractivity contribution in [3.05, 3.63) is 11.1 Å². The number of carbonyl (C=O) groups excluding carboxylic acids is 2. The van der Waals surface area contributed by atoms with Gasteiger partial charge < -0.3 is 10.1 Å². The lowest BCUT2D eigenvalue weighted by Gasteiger charge is -2.21. The average Bonchev–Trinajstić information content (AvgIpc) is 2.91. The maximum Gasteiger partial charge on any atom is 0.311 e. The Kier molecular flexibility index (Phi) is 7.48.